The van der Waals surface area contributed by atoms with Crippen molar-refractivity contribution in [1.29, 1.82) is 0 Å². The fourth-order valence-corrected chi connectivity index (χ4v) is 3.69. The molecule has 1 fully saturated rings. The van der Waals surface area contributed by atoms with Crippen LogP contribution in [0.4, 0.5) is 5.69 Å². The summed E-state index contributed by atoms with van der Waals surface area (Å²) in [6.07, 6.45) is 1.60. The van der Waals surface area contributed by atoms with Crippen LogP contribution in [0, 0.1) is 6.92 Å². The lowest BCUT2D eigenvalue weighted by molar-refractivity contribution is -0.122. The fourth-order valence-electron chi connectivity index (χ4n) is 3.41. The summed E-state index contributed by atoms with van der Waals surface area (Å²) in [6.45, 7) is 1.93. The average Bonchev–Trinajstić information content (AvgIpc) is 2.71. The van der Waals surface area contributed by atoms with Crippen molar-refractivity contribution in [2.45, 2.75) is 6.92 Å². The van der Waals surface area contributed by atoms with Crippen LogP contribution in [-0.2, 0) is 9.59 Å². The van der Waals surface area contributed by atoms with E-state index in [4.69, 9.17) is 17.0 Å². The second-order valence-electron chi connectivity index (χ2n) is 6.70. The molecule has 1 saturated heterocycles. The number of thiocarbonyl (C=S) groups is 1. The summed E-state index contributed by atoms with van der Waals surface area (Å²) < 4.78 is 5.42. The summed E-state index contributed by atoms with van der Waals surface area (Å²) in [5.74, 6) is -0.238. The lowest BCUT2D eigenvalue weighted by Crippen LogP contribution is -2.54. The van der Waals surface area contributed by atoms with Crippen LogP contribution in [0.15, 0.2) is 66.2 Å². The number of nitrogens with zero attached hydrogens (tertiary/aromatic N) is 1. The lowest BCUT2D eigenvalue weighted by Gasteiger charge is -2.29. The van der Waals surface area contributed by atoms with Crippen molar-refractivity contribution in [3.63, 3.8) is 0 Å². The molecule has 0 bridgehead atoms. The molecule has 0 atom stereocenters. The number of hydrogen-bond donors (Lipinski definition) is 1. The summed E-state index contributed by atoms with van der Waals surface area (Å²) in [6, 6.07) is 18.8. The number of nitrogens with one attached hydrogen (secondary N) is 1. The van der Waals surface area contributed by atoms with Gasteiger partial charge in [0.05, 0.1) is 12.8 Å². The van der Waals surface area contributed by atoms with Gasteiger partial charge in [-0.15, -0.1) is 0 Å². The van der Waals surface area contributed by atoms with Crippen molar-refractivity contribution in [3.8, 4) is 5.75 Å². The number of anilines is 1. The Morgan fingerprint density at radius 1 is 1.00 bits per heavy atom. The van der Waals surface area contributed by atoms with E-state index in [9.17, 15) is 9.59 Å². The van der Waals surface area contributed by atoms with Crippen LogP contribution in [0.3, 0.4) is 0 Å². The Balaban J connectivity index is 1.83. The predicted molar refractivity (Wildman–Crippen MR) is 118 cm³/mol. The Kier molecular flexibility index (Phi) is 4.86. The molecule has 0 radical (unpaired) electrons. The van der Waals surface area contributed by atoms with Gasteiger partial charge in [-0.1, -0.05) is 42.5 Å². The summed E-state index contributed by atoms with van der Waals surface area (Å²) in [7, 11) is 1.61. The number of hydrogen-bond acceptors (Lipinski definition) is 4. The number of benzene rings is 3. The third-order valence-corrected chi connectivity index (χ3v) is 5.08. The van der Waals surface area contributed by atoms with Gasteiger partial charge in [0, 0.05) is 5.39 Å². The molecular formula is C23H18N2O3S. The largest absolute Gasteiger partial charge is 0.496 e. The molecule has 3 aromatic rings. The maximum atomic E-state index is 13.2. The highest BCUT2D eigenvalue weighted by molar-refractivity contribution is 7.80. The average molecular weight is 402 g/mol. The molecule has 3 aromatic carbocycles. The molecule has 1 N–H and O–H groups in total. The van der Waals surface area contributed by atoms with Crippen LogP contribution in [0.2, 0.25) is 0 Å². The molecule has 29 heavy (non-hydrogen) atoms. The molecule has 2 amide bonds. The molecule has 0 saturated carbocycles. The Hall–Kier alpha value is -3.51. The molecule has 1 aliphatic rings. The minimum absolute atomic E-state index is 0.0235. The molecule has 1 aliphatic heterocycles. The number of methoxy groups -OCH3 is 1. The molecule has 0 aliphatic carbocycles. The number of fused-ring (bicyclic) bond motifs is 1. The third kappa shape index (κ3) is 3.39. The van der Waals surface area contributed by atoms with Crippen LogP contribution in [0.1, 0.15) is 11.1 Å². The van der Waals surface area contributed by atoms with E-state index in [0.717, 1.165) is 27.6 Å². The van der Waals surface area contributed by atoms with Crippen LogP contribution in [0.25, 0.3) is 16.8 Å². The molecule has 6 heteroatoms. The van der Waals surface area contributed by atoms with Gasteiger partial charge in [0.25, 0.3) is 11.8 Å². The van der Waals surface area contributed by atoms with Gasteiger partial charge in [0.1, 0.15) is 11.3 Å². The topological polar surface area (TPSA) is 58.6 Å². The predicted octanol–water partition coefficient (Wildman–Crippen LogP) is 3.99. The zero-order valence-electron chi connectivity index (χ0n) is 15.9. The zero-order valence-corrected chi connectivity index (χ0v) is 16.7. The van der Waals surface area contributed by atoms with E-state index >= 15 is 0 Å². The number of ether oxygens (including phenoxy) is 1. The van der Waals surface area contributed by atoms with Gasteiger partial charge in [-0.25, -0.2) is 0 Å². The van der Waals surface area contributed by atoms with Gasteiger partial charge in [0.2, 0.25) is 0 Å². The summed E-state index contributed by atoms with van der Waals surface area (Å²) in [5.41, 5.74) is 2.37. The minimum atomic E-state index is -0.510. The van der Waals surface area contributed by atoms with E-state index in [1.807, 2.05) is 61.5 Å². The molecular weight excluding hydrogens is 384 g/mol. The lowest BCUT2D eigenvalue weighted by atomic mass is 10.00. The molecule has 0 unspecified atom stereocenters. The molecule has 5 nitrogen and oxygen atoms in total. The van der Waals surface area contributed by atoms with E-state index in [1.165, 1.54) is 4.90 Å². The highest BCUT2D eigenvalue weighted by Crippen LogP contribution is 2.30. The van der Waals surface area contributed by atoms with Crippen LogP contribution < -0.4 is 15.0 Å². The monoisotopic (exact) mass is 402 g/mol. The normalized spacial score (nSPS) is 15.7. The molecule has 0 aromatic heterocycles. The van der Waals surface area contributed by atoms with Crippen molar-refractivity contribution in [2.24, 2.45) is 0 Å². The van der Waals surface area contributed by atoms with Gasteiger partial charge in [0.15, 0.2) is 5.11 Å². The van der Waals surface area contributed by atoms with Gasteiger partial charge < -0.3 is 4.74 Å². The van der Waals surface area contributed by atoms with Crippen molar-refractivity contribution in [3.05, 3.63) is 77.4 Å². The SMILES string of the molecule is COc1ccc(/C=C2\C(=O)NC(=S)N(c3cccc(C)c3)C2=O)c2ccccc12. The van der Waals surface area contributed by atoms with E-state index in [0.29, 0.717) is 5.69 Å². The smallest absolute Gasteiger partial charge is 0.270 e. The Bertz CT molecular complexity index is 1200. The molecule has 1 heterocycles. The number of carbonyl (C=O) groups is 2. The van der Waals surface area contributed by atoms with Gasteiger partial charge in [-0.05, 0) is 59.9 Å². The van der Waals surface area contributed by atoms with E-state index in [2.05, 4.69) is 5.32 Å². The maximum Gasteiger partial charge on any atom is 0.270 e. The standard InChI is InChI=1S/C23H18N2O3S/c1-14-6-5-7-16(12-14)25-22(27)19(21(26)24-23(25)29)13-15-10-11-20(28-2)18-9-4-3-8-17(15)18/h3-13H,1-2H3,(H,24,26,29)/b19-13+. The second-order valence-corrected chi connectivity index (χ2v) is 7.09. The van der Waals surface area contributed by atoms with Crippen molar-refractivity contribution >= 4 is 51.7 Å². The van der Waals surface area contributed by atoms with Crippen LogP contribution >= 0.6 is 12.2 Å². The van der Waals surface area contributed by atoms with Crippen molar-refractivity contribution in [1.82, 2.24) is 5.32 Å². The minimum Gasteiger partial charge on any atom is -0.496 e. The van der Waals surface area contributed by atoms with Crippen molar-refractivity contribution < 1.29 is 14.3 Å². The summed E-state index contributed by atoms with van der Waals surface area (Å²) >= 11 is 5.26. The van der Waals surface area contributed by atoms with E-state index in [-0.39, 0.29) is 10.7 Å². The number of aryl methyl sites for hydroxylation is 1. The maximum absolute atomic E-state index is 13.2. The quantitative estimate of drug-likeness (QED) is 0.409. The second kappa shape index (κ2) is 7.48. The summed E-state index contributed by atoms with van der Waals surface area (Å²) in [4.78, 5) is 27.1. The Labute approximate surface area is 173 Å². The summed E-state index contributed by atoms with van der Waals surface area (Å²) in [5, 5.41) is 4.48. The first-order valence-electron chi connectivity index (χ1n) is 9.03. The first kappa shape index (κ1) is 18.8. The Morgan fingerprint density at radius 3 is 2.48 bits per heavy atom. The number of carbonyl (C=O) groups excluding carboxylic acids is 2. The molecule has 0 spiro atoms. The highest BCUT2D eigenvalue weighted by Gasteiger charge is 2.34. The van der Waals surface area contributed by atoms with Gasteiger partial charge >= 0.3 is 0 Å². The van der Waals surface area contributed by atoms with Crippen LogP contribution in [0.5, 0.6) is 5.75 Å². The number of rotatable bonds is 3. The van der Waals surface area contributed by atoms with Gasteiger partial charge in [-0.3, -0.25) is 19.8 Å². The van der Waals surface area contributed by atoms with Crippen LogP contribution in [-0.4, -0.2) is 24.0 Å². The molecule has 4 rings (SSSR count). The van der Waals surface area contributed by atoms with Crippen molar-refractivity contribution in [2.75, 3.05) is 12.0 Å². The third-order valence-electron chi connectivity index (χ3n) is 4.80. The van der Waals surface area contributed by atoms with E-state index < -0.39 is 11.8 Å². The number of amides is 2. The Morgan fingerprint density at radius 2 is 1.76 bits per heavy atom. The zero-order chi connectivity index (χ0) is 20.5. The van der Waals surface area contributed by atoms with E-state index in [1.54, 1.807) is 19.3 Å². The highest BCUT2D eigenvalue weighted by atomic mass is 32.1. The first-order chi connectivity index (χ1) is 14.0. The molecule has 144 valence electrons. The fraction of sp³-hybridized carbons (Fsp3) is 0.0870. The van der Waals surface area contributed by atoms with Gasteiger partial charge in [-0.2, -0.15) is 0 Å². The first-order valence-corrected chi connectivity index (χ1v) is 9.44.